The van der Waals surface area contributed by atoms with Crippen molar-refractivity contribution in [2.45, 2.75) is 0 Å². The van der Waals surface area contributed by atoms with Gasteiger partial charge in [0, 0.05) is 45.0 Å². The van der Waals surface area contributed by atoms with Gasteiger partial charge in [-0.1, -0.05) is 48.5 Å². The number of aliphatic imine (C=N–C) groups is 2. The van der Waals surface area contributed by atoms with Crippen LogP contribution in [0.1, 0.15) is 22.3 Å². The summed E-state index contributed by atoms with van der Waals surface area (Å²) in [6.45, 7) is 0. The highest BCUT2D eigenvalue weighted by Gasteiger charge is 2.10. The van der Waals surface area contributed by atoms with Crippen molar-refractivity contribution in [3.05, 3.63) is 144 Å². The molecular formula is C32H28N6. The minimum absolute atomic E-state index is 0.700. The number of nitrogens with two attached hydrogens (primary N) is 4. The Balaban J connectivity index is 1.53. The fourth-order valence-electron chi connectivity index (χ4n) is 4.02. The Morgan fingerprint density at radius 1 is 0.316 bits per heavy atom. The zero-order chi connectivity index (χ0) is 26.5. The molecule has 6 heteroatoms. The van der Waals surface area contributed by atoms with Crippen molar-refractivity contribution in [3.8, 4) is 0 Å². The standard InChI is InChI=1S/C32H28N6/c33-25-9-1-21(2-10-25)31(22-3-11-26(34)12-4-22)37-29-17-19-30(20-18-29)38-32(23-5-13-27(35)14-6-23)24-7-15-28(36)16-8-24/h1-20H,33-36H2. The van der Waals surface area contributed by atoms with Crippen molar-refractivity contribution in [1.82, 2.24) is 0 Å². The summed E-state index contributed by atoms with van der Waals surface area (Å²) in [5.41, 5.74) is 33.5. The summed E-state index contributed by atoms with van der Waals surface area (Å²) in [5, 5.41) is 0. The predicted octanol–water partition coefficient (Wildman–Crippen LogP) is 6.35. The topological polar surface area (TPSA) is 129 Å². The molecular weight excluding hydrogens is 468 g/mol. The van der Waals surface area contributed by atoms with Crippen molar-refractivity contribution in [3.63, 3.8) is 0 Å². The van der Waals surface area contributed by atoms with E-state index in [4.69, 9.17) is 32.9 Å². The monoisotopic (exact) mass is 496 g/mol. The van der Waals surface area contributed by atoms with Crippen LogP contribution in [0.15, 0.2) is 131 Å². The minimum atomic E-state index is 0.700. The van der Waals surface area contributed by atoms with Gasteiger partial charge in [-0.2, -0.15) is 0 Å². The highest BCUT2D eigenvalue weighted by Crippen LogP contribution is 2.25. The summed E-state index contributed by atoms with van der Waals surface area (Å²) in [6.07, 6.45) is 0. The van der Waals surface area contributed by atoms with Crippen LogP contribution >= 0.6 is 0 Å². The largest absolute Gasteiger partial charge is 0.399 e. The van der Waals surface area contributed by atoms with Crippen molar-refractivity contribution in [2.24, 2.45) is 9.98 Å². The van der Waals surface area contributed by atoms with Gasteiger partial charge in [0.15, 0.2) is 0 Å². The van der Waals surface area contributed by atoms with Crippen LogP contribution in [0.5, 0.6) is 0 Å². The Morgan fingerprint density at radius 2 is 0.526 bits per heavy atom. The Hall–Kier alpha value is -5.36. The molecule has 0 radical (unpaired) electrons. The number of nitrogens with zero attached hydrogens (tertiary/aromatic N) is 2. The van der Waals surface area contributed by atoms with Crippen LogP contribution in [0.25, 0.3) is 0 Å². The molecule has 0 heterocycles. The molecule has 186 valence electrons. The number of anilines is 4. The molecule has 5 aromatic carbocycles. The van der Waals surface area contributed by atoms with Gasteiger partial charge in [0.05, 0.1) is 22.8 Å². The smallest absolute Gasteiger partial charge is 0.0781 e. The van der Waals surface area contributed by atoms with Gasteiger partial charge in [0.2, 0.25) is 0 Å². The van der Waals surface area contributed by atoms with Crippen molar-refractivity contribution < 1.29 is 0 Å². The molecule has 0 spiro atoms. The van der Waals surface area contributed by atoms with Crippen LogP contribution in [-0.4, -0.2) is 11.4 Å². The van der Waals surface area contributed by atoms with Crippen molar-refractivity contribution >= 4 is 45.5 Å². The van der Waals surface area contributed by atoms with Crippen LogP contribution in [0.2, 0.25) is 0 Å². The Kier molecular flexibility index (Phi) is 6.87. The number of nitrogen functional groups attached to an aromatic ring is 4. The van der Waals surface area contributed by atoms with Gasteiger partial charge in [-0.3, -0.25) is 0 Å². The van der Waals surface area contributed by atoms with Gasteiger partial charge in [-0.25, -0.2) is 9.98 Å². The van der Waals surface area contributed by atoms with Gasteiger partial charge in [-0.15, -0.1) is 0 Å². The Bertz CT molecular complexity index is 1360. The number of benzene rings is 5. The van der Waals surface area contributed by atoms with Gasteiger partial charge in [-0.05, 0) is 72.8 Å². The van der Waals surface area contributed by atoms with E-state index >= 15 is 0 Å². The number of hydrogen-bond donors (Lipinski definition) is 4. The highest BCUT2D eigenvalue weighted by molar-refractivity contribution is 6.15. The van der Waals surface area contributed by atoms with Crippen LogP contribution in [-0.2, 0) is 0 Å². The molecule has 0 amide bonds. The molecule has 0 atom stereocenters. The van der Waals surface area contributed by atoms with E-state index in [0.717, 1.165) is 45.1 Å². The molecule has 0 aromatic heterocycles. The van der Waals surface area contributed by atoms with E-state index in [1.807, 2.05) is 121 Å². The van der Waals surface area contributed by atoms with Gasteiger partial charge in [0.25, 0.3) is 0 Å². The van der Waals surface area contributed by atoms with Gasteiger partial charge < -0.3 is 22.9 Å². The molecule has 0 unspecified atom stereocenters. The van der Waals surface area contributed by atoms with Gasteiger partial charge >= 0.3 is 0 Å². The maximum absolute atomic E-state index is 5.91. The third-order valence-electron chi connectivity index (χ3n) is 6.07. The third kappa shape index (κ3) is 5.71. The lowest BCUT2D eigenvalue weighted by molar-refractivity contribution is 1.44. The van der Waals surface area contributed by atoms with Crippen LogP contribution in [0, 0.1) is 0 Å². The van der Waals surface area contributed by atoms with E-state index in [1.54, 1.807) is 0 Å². The quantitative estimate of drug-likeness (QED) is 0.161. The molecule has 0 aliphatic heterocycles. The summed E-state index contributed by atoms with van der Waals surface area (Å²) < 4.78 is 0. The summed E-state index contributed by atoms with van der Waals surface area (Å²) in [6, 6.07) is 38.5. The van der Waals surface area contributed by atoms with Crippen LogP contribution < -0.4 is 22.9 Å². The molecule has 5 aromatic rings. The molecule has 8 N–H and O–H groups in total. The highest BCUT2D eigenvalue weighted by atomic mass is 14.8. The van der Waals surface area contributed by atoms with Crippen LogP contribution in [0.3, 0.4) is 0 Å². The molecule has 0 aliphatic rings. The Labute approximate surface area is 222 Å². The molecule has 0 aliphatic carbocycles. The first-order valence-corrected chi connectivity index (χ1v) is 12.2. The van der Waals surface area contributed by atoms with Crippen molar-refractivity contribution in [2.75, 3.05) is 22.9 Å². The first-order chi connectivity index (χ1) is 18.4. The number of hydrogen-bond acceptors (Lipinski definition) is 6. The second kappa shape index (κ2) is 10.7. The molecule has 0 saturated heterocycles. The first kappa shape index (κ1) is 24.3. The van der Waals surface area contributed by atoms with E-state index in [1.165, 1.54) is 0 Å². The molecule has 0 fully saturated rings. The normalized spacial score (nSPS) is 10.5. The minimum Gasteiger partial charge on any atom is -0.399 e. The molecule has 38 heavy (non-hydrogen) atoms. The first-order valence-electron chi connectivity index (χ1n) is 12.2. The maximum Gasteiger partial charge on any atom is 0.0781 e. The average molecular weight is 497 g/mol. The maximum atomic E-state index is 5.91. The zero-order valence-corrected chi connectivity index (χ0v) is 20.8. The Morgan fingerprint density at radius 3 is 0.737 bits per heavy atom. The lowest BCUT2D eigenvalue weighted by Crippen LogP contribution is -2.04. The summed E-state index contributed by atoms with van der Waals surface area (Å²) >= 11 is 0. The zero-order valence-electron chi connectivity index (χ0n) is 20.8. The van der Waals surface area contributed by atoms with E-state index in [-0.39, 0.29) is 0 Å². The van der Waals surface area contributed by atoms with E-state index in [9.17, 15) is 0 Å². The van der Waals surface area contributed by atoms with Crippen molar-refractivity contribution in [1.29, 1.82) is 0 Å². The average Bonchev–Trinajstić information content (AvgIpc) is 2.93. The molecule has 0 saturated carbocycles. The number of rotatable bonds is 6. The fourth-order valence-corrected chi connectivity index (χ4v) is 4.02. The van der Waals surface area contributed by atoms with Crippen LogP contribution in [0.4, 0.5) is 34.1 Å². The summed E-state index contributed by atoms with van der Waals surface area (Å²) in [4.78, 5) is 9.95. The predicted molar refractivity (Wildman–Crippen MR) is 160 cm³/mol. The van der Waals surface area contributed by atoms with E-state index in [0.29, 0.717) is 22.7 Å². The summed E-state index contributed by atoms with van der Waals surface area (Å²) in [5.74, 6) is 0. The fraction of sp³-hybridized carbons (Fsp3) is 0. The summed E-state index contributed by atoms with van der Waals surface area (Å²) in [7, 11) is 0. The molecule has 5 rings (SSSR count). The molecule has 0 bridgehead atoms. The molecule has 6 nitrogen and oxygen atoms in total. The van der Waals surface area contributed by atoms with E-state index in [2.05, 4.69) is 0 Å². The second-order valence-corrected chi connectivity index (χ2v) is 8.93. The SMILES string of the molecule is Nc1ccc(C(=Nc2ccc(N=C(c3ccc(N)cc3)c3ccc(N)cc3)cc2)c2ccc(N)cc2)cc1. The third-order valence-corrected chi connectivity index (χ3v) is 6.07. The van der Waals surface area contributed by atoms with Gasteiger partial charge in [0.1, 0.15) is 0 Å². The van der Waals surface area contributed by atoms with E-state index < -0.39 is 0 Å². The lowest BCUT2D eigenvalue weighted by atomic mass is 10.0. The lowest BCUT2D eigenvalue weighted by Gasteiger charge is -2.10. The second-order valence-electron chi connectivity index (χ2n) is 8.93.